The zero-order chi connectivity index (χ0) is 42.2. The van der Waals surface area contributed by atoms with Crippen molar-refractivity contribution in [3.63, 3.8) is 0 Å². The Morgan fingerprint density at radius 2 is 0.844 bits per heavy atom. The predicted octanol–water partition coefficient (Wildman–Crippen LogP) is 14.4. The van der Waals surface area contributed by atoms with Crippen molar-refractivity contribution < 1.29 is 4.74 Å². The van der Waals surface area contributed by atoms with Crippen molar-refractivity contribution in [1.29, 1.82) is 0 Å². The molecule has 64 heavy (non-hydrogen) atoms. The second kappa shape index (κ2) is 14.3. The average molecular weight is 817 g/mol. The molecule has 5 nitrogen and oxygen atoms in total. The molecule has 5 heteroatoms. The SMILES string of the molecule is c1ccc(-c2nc(-c3ccccc3)nc(-c3cccc(-c4ccc5nc(-c6ccccc6)c6ccc7c(c6c5c4)Oc4ccccc4C74c5ccccc5-c5ccccc54)c3)n2)cc1. The molecule has 9 aromatic carbocycles. The Hall–Kier alpha value is -8.54. The minimum absolute atomic E-state index is 0.595. The first-order valence-electron chi connectivity index (χ1n) is 21.6. The van der Waals surface area contributed by atoms with Crippen LogP contribution in [0.5, 0.6) is 11.5 Å². The maximum Gasteiger partial charge on any atom is 0.164 e. The zero-order valence-electron chi connectivity index (χ0n) is 34.5. The molecule has 1 aliphatic heterocycles. The Kier molecular flexibility index (Phi) is 8.06. The standard InChI is InChI=1S/C59H36N4O/c1-4-17-37(18-5-1)54-45-32-33-50-55(64-52-30-15-14-29-49(52)59(50)47-27-12-10-25-43(47)44-26-11-13-28-48(44)59)53(45)46-36-41(31-34-51(46)60-54)40-23-16-24-42(35-40)58-62-56(38-19-6-2-7-20-38)61-57(63-58)39-21-8-3-9-22-39/h1-36H. The predicted molar refractivity (Wildman–Crippen MR) is 257 cm³/mol. The topological polar surface area (TPSA) is 60.8 Å². The van der Waals surface area contributed by atoms with E-state index in [9.17, 15) is 0 Å². The van der Waals surface area contributed by atoms with Gasteiger partial charge in [-0.15, -0.1) is 0 Å². The number of hydrogen-bond donors (Lipinski definition) is 0. The van der Waals surface area contributed by atoms with Crippen molar-refractivity contribution in [2.45, 2.75) is 5.41 Å². The van der Waals surface area contributed by atoms with E-state index >= 15 is 0 Å². The molecule has 3 heterocycles. The maximum absolute atomic E-state index is 7.27. The molecule has 1 aliphatic carbocycles. The van der Waals surface area contributed by atoms with Gasteiger partial charge < -0.3 is 4.74 Å². The first-order valence-corrected chi connectivity index (χ1v) is 21.6. The Morgan fingerprint density at radius 1 is 0.328 bits per heavy atom. The highest BCUT2D eigenvalue weighted by molar-refractivity contribution is 6.16. The van der Waals surface area contributed by atoms with Gasteiger partial charge in [-0.05, 0) is 57.6 Å². The van der Waals surface area contributed by atoms with Crippen molar-refractivity contribution in [2.75, 3.05) is 0 Å². The van der Waals surface area contributed by atoms with Crippen LogP contribution in [-0.2, 0) is 5.41 Å². The van der Waals surface area contributed by atoms with Crippen LogP contribution in [0.3, 0.4) is 0 Å². The Bertz CT molecular complexity index is 3540. The molecule has 0 unspecified atom stereocenters. The number of benzene rings is 9. The molecule has 0 amide bonds. The summed E-state index contributed by atoms with van der Waals surface area (Å²) in [6.07, 6.45) is 0. The monoisotopic (exact) mass is 816 g/mol. The number of ether oxygens (including phenoxy) is 1. The van der Waals surface area contributed by atoms with Crippen molar-refractivity contribution in [1.82, 2.24) is 19.9 Å². The molecule has 0 bridgehead atoms. The number of rotatable bonds is 5. The van der Waals surface area contributed by atoms with E-state index in [-0.39, 0.29) is 0 Å². The van der Waals surface area contributed by atoms with E-state index in [0.29, 0.717) is 17.5 Å². The maximum atomic E-state index is 7.27. The number of nitrogens with zero attached hydrogens (tertiary/aromatic N) is 4. The molecule has 2 aliphatic rings. The van der Waals surface area contributed by atoms with Gasteiger partial charge in [-0.1, -0.05) is 194 Å². The molecule has 0 atom stereocenters. The summed E-state index contributed by atoms with van der Waals surface area (Å²) >= 11 is 0. The quantitative estimate of drug-likeness (QED) is 0.162. The van der Waals surface area contributed by atoms with E-state index in [4.69, 9.17) is 24.7 Å². The Morgan fingerprint density at radius 3 is 1.50 bits per heavy atom. The van der Waals surface area contributed by atoms with E-state index in [1.54, 1.807) is 0 Å². The van der Waals surface area contributed by atoms with E-state index in [0.717, 1.165) is 83.4 Å². The Balaban J connectivity index is 1.05. The minimum Gasteiger partial charge on any atom is -0.456 e. The van der Waals surface area contributed by atoms with Crippen LogP contribution in [0, 0.1) is 0 Å². The molecular weight excluding hydrogens is 781 g/mol. The van der Waals surface area contributed by atoms with Gasteiger partial charge in [0.05, 0.1) is 16.6 Å². The van der Waals surface area contributed by atoms with Gasteiger partial charge in [0.15, 0.2) is 17.5 Å². The van der Waals surface area contributed by atoms with Gasteiger partial charge in [-0.3, -0.25) is 0 Å². The summed E-state index contributed by atoms with van der Waals surface area (Å²) in [6.45, 7) is 0. The van der Waals surface area contributed by atoms with E-state index < -0.39 is 5.41 Å². The number of hydrogen-bond acceptors (Lipinski definition) is 5. The molecule has 1 spiro atoms. The van der Waals surface area contributed by atoms with E-state index in [1.807, 2.05) is 60.7 Å². The van der Waals surface area contributed by atoms with Crippen molar-refractivity contribution >= 4 is 21.7 Å². The first-order chi connectivity index (χ1) is 31.7. The second-order valence-electron chi connectivity index (χ2n) is 16.5. The van der Waals surface area contributed by atoms with E-state index in [1.165, 1.54) is 22.3 Å². The zero-order valence-corrected chi connectivity index (χ0v) is 34.5. The molecule has 13 rings (SSSR count). The summed E-state index contributed by atoms with van der Waals surface area (Å²) in [7, 11) is 0. The molecule has 0 radical (unpaired) electrons. The summed E-state index contributed by atoms with van der Waals surface area (Å²) in [5.41, 5.74) is 14.4. The highest BCUT2D eigenvalue weighted by Crippen LogP contribution is 2.63. The van der Waals surface area contributed by atoms with Crippen LogP contribution in [0.4, 0.5) is 0 Å². The van der Waals surface area contributed by atoms with Gasteiger partial charge in [0.1, 0.15) is 11.5 Å². The summed E-state index contributed by atoms with van der Waals surface area (Å²) in [5, 5.41) is 3.08. The fourth-order valence-electron chi connectivity index (χ4n) is 10.2. The van der Waals surface area contributed by atoms with Crippen molar-refractivity contribution in [3.05, 3.63) is 241 Å². The van der Waals surface area contributed by atoms with Crippen LogP contribution >= 0.6 is 0 Å². The van der Waals surface area contributed by atoms with Gasteiger partial charge in [0, 0.05) is 49.5 Å². The number of aromatic nitrogens is 4. The van der Waals surface area contributed by atoms with Gasteiger partial charge in [0.25, 0.3) is 0 Å². The van der Waals surface area contributed by atoms with Crippen molar-refractivity contribution in [3.8, 4) is 79.2 Å². The molecule has 0 saturated carbocycles. The van der Waals surface area contributed by atoms with Crippen LogP contribution < -0.4 is 4.74 Å². The van der Waals surface area contributed by atoms with Crippen molar-refractivity contribution in [2.24, 2.45) is 0 Å². The lowest BCUT2D eigenvalue weighted by Gasteiger charge is -2.40. The van der Waals surface area contributed by atoms with Gasteiger partial charge in [0.2, 0.25) is 0 Å². The summed E-state index contributed by atoms with van der Waals surface area (Å²) in [5.74, 6) is 3.57. The average Bonchev–Trinajstić information content (AvgIpc) is 3.67. The first kappa shape index (κ1) is 36.1. The fourth-order valence-corrected chi connectivity index (χ4v) is 10.2. The van der Waals surface area contributed by atoms with Gasteiger partial charge in [-0.2, -0.15) is 0 Å². The van der Waals surface area contributed by atoms with Crippen LogP contribution in [0.15, 0.2) is 218 Å². The molecule has 11 aromatic rings. The Labute approximate surface area is 370 Å². The third kappa shape index (κ3) is 5.44. The second-order valence-corrected chi connectivity index (χ2v) is 16.5. The van der Waals surface area contributed by atoms with Gasteiger partial charge in [-0.25, -0.2) is 19.9 Å². The summed E-state index contributed by atoms with van der Waals surface area (Å²) in [4.78, 5) is 20.5. The summed E-state index contributed by atoms with van der Waals surface area (Å²) in [6, 6.07) is 76.7. The molecule has 0 fully saturated rings. The number of para-hydroxylation sites is 1. The smallest absolute Gasteiger partial charge is 0.164 e. The van der Waals surface area contributed by atoms with Crippen LogP contribution in [0.2, 0.25) is 0 Å². The number of pyridine rings is 1. The summed E-state index contributed by atoms with van der Waals surface area (Å²) < 4.78 is 7.27. The molecule has 0 saturated heterocycles. The number of fused-ring (bicyclic) bond motifs is 13. The molecule has 0 N–H and O–H groups in total. The normalized spacial score (nSPS) is 12.9. The largest absolute Gasteiger partial charge is 0.456 e. The minimum atomic E-state index is -0.595. The molecule has 2 aromatic heterocycles. The van der Waals surface area contributed by atoms with Crippen LogP contribution in [-0.4, -0.2) is 19.9 Å². The lowest BCUT2D eigenvalue weighted by Crippen LogP contribution is -2.32. The van der Waals surface area contributed by atoms with Crippen LogP contribution in [0.1, 0.15) is 22.3 Å². The third-order valence-corrected chi connectivity index (χ3v) is 13.0. The van der Waals surface area contributed by atoms with Crippen LogP contribution in [0.25, 0.3) is 89.4 Å². The third-order valence-electron chi connectivity index (χ3n) is 13.0. The lowest BCUT2D eigenvalue weighted by atomic mass is 9.65. The van der Waals surface area contributed by atoms with Gasteiger partial charge >= 0.3 is 0 Å². The highest BCUT2D eigenvalue weighted by atomic mass is 16.5. The fraction of sp³-hybridized carbons (Fsp3) is 0.0169. The lowest BCUT2D eigenvalue weighted by molar-refractivity contribution is 0.442. The highest BCUT2D eigenvalue weighted by Gasteiger charge is 2.51. The molecular formula is C59H36N4O. The van der Waals surface area contributed by atoms with E-state index in [2.05, 4.69) is 158 Å². The molecule has 298 valence electrons.